The third-order valence-corrected chi connectivity index (χ3v) is 4.26. The van der Waals surface area contributed by atoms with Crippen LogP contribution in [0, 0.1) is 0 Å². The highest BCUT2D eigenvalue weighted by atomic mass is 16.6. The van der Waals surface area contributed by atoms with Crippen molar-refractivity contribution in [1.82, 2.24) is 4.90 Å². The van der Waals surface area contributed by atoms with Gasteiger partial charge in [-0.1, -0.05) is 54.6 Å². The van der Waals surface area contributed by atoms with Crippen LogP contribution in [0.1, 0.15) is 23.1 Å². The highest BCUT2D eigenvalue weighted by Crippen LogP contribution is 2.25. The summed E-state index contributed by atoms with van der Waals surface area (Å²) in [6.07, 6.45) is 1.01. The van der Waals surface area contributed by atoms with Crippen molar-refractivity contribution in [3.63, 3.8) is 0 Å². The van der Waals surface area contributed by atoms with Crippen molar-refractivity contribution in [2.45, 2.75) is 32.0 Å². The van der Waals surface area contributed by atoms with Crippen LogP contribution in [0.4, 0.5) is 4.79 Å². The Bertz CT molecular complexity index is 657. The van der Waals surface area contributed by atoms with Crippen LogP contribution >= 0.6 is 0 Å². The maximum absolute atomic E-state index is 12.5. The molecule has 4 nitrogen and oxygen atoms in total. The van der Waals surface area contributed by atoms with Crippen molar-refractivity contribution in [2.75, 3.05) is 6.61 Å². The molecule has 0 aliphatic carbocycles. The number of hydrogen-bond donors (Lipinski definition) is 1. The number of hydrogen-bond acceptors (Lipinski definition) is 3. The first-order valence-electron chi connectivity index (χ1n) is 7.93. The topological polar surface area (TPSA) is 49.8 Å². The number of aliphatic hydroxyl groups is 1. The van der Waals surface area contributed by atoms with Crippen LogP contribution in [0.15, 0.2) is 54.6 Å². The molecule has 1 aliphatic rings. The quantitative estimate of drug-likeness (QED) is 0.944. The number of ether oxygens (including phenoxy) is 1. The number of nitrogens with zero attached hydrogens (tertiary/aromatic N) is 1. The van der Waals surface area contributed by atoms with Gasteiger partial charge in [0.2, 0.25) is 0 Å². The molecule has 2 aromatic carbocycles. The van der Waals surface area contributed by atoms with Crippen molar-refractivity contribution >= 4 is 6.09 Å². The first-order chi connectivity index (χ1) is 11.3. The van der Waals surface area contributed by atoms with E-state index in [1.54, 1.807) is 4.90 Å². The zero-order chi connectivity index (χ0) is 16.1. The lowest BCUT2D eigenvalue weighted by Gasteiger charge is -2.36. The van der Waals surface area contributed by atoms with Gasteiger partial charge in [-0.05, 0) is 29.5 Å². The van der Waals surface area contributed by atoms with Crippen LogP contribution in [-0.4, -0.2) is 28.7 Å². The summed E-state index contributed by atoms with van der Waals surface area (Å²) in [5.41, 5.74) is 3.37. The van der Waals surface area contributed by atoms with Gasteiger partial charge < -0.3 is 14.7 Å². The number of amides is 1. The van der Waals surface area contributed by atoms with Crippen molar-refractivity contribution < 1.29 is 14.6 Å². The first kappa shape index (κ1) is 15.6. The predicted molar refractivity (Wildman–Crippen MR) is 87.8 cm³/mol. The standard InChI is InChI=1S/C19H21NO3/c21-11-10-18-12-16-8-4-5-9-17(16)13-20(18)19(22)23-14-15-6-2-1-3-7-15/h1-9,18,21H,10-14H2/t18-/m0/s1. The molecule has 0 aromatic heterocycles. The summed E-state index contributed by atoms with van der Waals surface area (Å²) in [4.78, 5) is 14.2. The molecule has 0 bridgehead atoms. The molecule has 0 saturated heterocycles. The van der Waals surface area contributed by atoms with E-state index in [1.165, 1.54) is 5.56 Å². The van der Waals surface area contributed by atoms with Gasteiger partial charge in [0, 0.05) is 19.2 Å². The highest BCUT2D eigenvalue weighted by Gasteiger charge is 2.30. The average molecular weight is 311 g/mol. The SMILES string of the molecule is O=C(OCc1ccccc1)N1Cc2ccccc2C[C@@H]1CCO. The maximum Gasteiger partial charge on any atom is 0.410 e. The summed E-state index contributed by atoms with van der Waals surface area (Å²) in [5, 5.41) is 9.30. The number of rotatable bonds is 4. The molecule has 0 spiro atoms. The molecule has 0 fully saturated rings. The van der Waals surface area contributed by atoms with Crippen molar-refractivity contribution in [3.8, 4) is 0 Å². The van der Waals surface area contributed by atoms with E-state index in [0.717, 1.165) is 17.5 Å². The Kier molecular flexibility index (Phi) is 4.93. The molecular formula is C19H21NO3. The second-order valence-electron chi connectivity index (χ2n) is 5.81. The van der Waals surface area contributed by atoms with E-state index in [0.29, 0.717) is 13.0 Å². The summed E-state index contributed by atoms with van der Waals surface area (Å²) < 4.78 is 5.46. The second-order valence-corrected chi connectivity index (χ2v) is 5.81. The van der Waals surface area contributed by atoms with Gasteiger partial charge in [-0.2, -0.15) is 0 Å². The third-order valence-electron chi connectivity index (χ3n) is 4.26. The minimum atomic E-state index is -0.318. The molecule has 1 atom stereocenters. The summed E-state index contributed by atoms with van der Waals surface area (Å²) in [6, 6.07) is 17.8. The van der Waals surface area contributed by atoms with Crippen molar-refractivity contribution in [1.29, 1.82) is 0 Å². The fourth-order valence-corrected chi connectivity index (χ4v) is 3.01. The molecule has 120 valence electrons. The van der Waals surface area contributed by atoms with Crippen LogP contribution in [0.2, 0.25) is 0 Å². The van der Waals surface area contributed by atoms with E-state index < -0.39 is 0 Å². The summed E-state index contributed by atoms with van der Waals surface area (Å²) in [7, 11) is 0. The van der Waals surface area contributed by atoms with Crippen LogP contribution in [0.25, 0.3) is 0 Å². The first-order valence-corrected chi connectivity index (χ1v) is 7.93. The highest BCUT2D eigenvalue weighted by molar-refractivity contribution is 5.68. The molecular weight excluding hydrogens is 290 g/mol. The van der Waals surface area contributed by atoms with E-state index >= 15 is 0 Å². The molecule has 4 heteroatoms. The third kappa shape index (κ3) is 3.71. The molecule has 23 heavy (non-hydrogen) atoms. The minimum Gasteiger partial charge on any atom is -0.445 e. The van der Waals surface area contributed by atoms with Gasteiger partial charge in [0.25, 0.3) is 0 Å². The molecule has 1 amide bonds. The Labute approximate surface area is 136 Å². The van der Waals surface area contributed by atoms with Crippen molar-refractivity contribution in [3.05, 3.63) is 71.3 Å². The van der Waals surface area contributed by atoms with E-state index in [-0.39, 0.29) is 25.3 Å². The Hall–Kier alpha value is -2.33. The summed E-state index contributed by atoms with van der Waals surface area (Å²) in [5.74, 6) is 0. The second kappa shape index (κ2) is 7.29. The molecule has 1 N–H and O–H groups in total. The lowest BCUT2D eigenvalue weighted by molar-refractivity contribution is 0.0667. The average Bonchev–Trinajstić information content (AvgIpc) is 2.60. The predicted octanol–water partition coefficient (Wildman–Crippen LogP) is 3.13. The van der Waals surface area contributed by atoms with Gasteiger partial charge in [0.05, 0.1) is 0 Å². The van der Waals surface area contributed by atoms with Crippen LogP contribution in [0.5, 0.6) is 0 Å². The van der Waals surface area contributed by atoms with Gasteiger partial charge in [-0.3, -0.25) is 0 Å². The van der Waals surface area contributed by atoms with E-state index in [1.807, 2.05) is 48.5 Å². The lowest BCUT2D eigenvalue weighted by atomic mass is 9.93. The Morgan fingerprint density at radius 2 is 1.78 bits per heavy atom. The zero-order valence-corrected chi connectivity index (χ0v) is 13.0. The number of carbonyl (C=O) groups excluding carboxylic acids is 1. The van der Waals surface area contributed by atoms with Crippen molar-refractivity contribution in [2.24, 2.45) is 0 Å². The summed E-state index contributed by atoms with van der Waals surface area (Å²) in [6.45, 7) is 0.868. The van der Waals surface area contributed by atoms with Crippen LogP contribution in [-0.2, 0) is 24.3 Å². The van der Waals surface area contributed by atoms with Gasteiger partial charge in [0.1, 0.15) is 6.61 Å². The zero-order valence-electron chi connectivity index (χ0n) is 13.0. The smallest absolute Gasteiger partial charge is 0.410 e. The largest absolute Gasteiger partial charge is 0.445 e. The maximum atomic E-state index is 12.5. The van der Waals surface area contributed by atoms with Gasteiger partial charge in [0.15, 0.2) is 0 Å². The normalized spacial score (nSPS) is 16.7. The molecule has 3 rings (SSSR count). The molecule has 0 unspecified atom stereocenters. The van der Waals surface area contributed by atoms with Gasteiger partial charge in [-0.25, -0.2) is 4.79 Å². The number of fused-ring (bicyclic) bond motifs is 1. The van der Waals surface area contributed by atoms with Crippen LogP contribution in [0.3, 0.4) is 0 Å². The van der Waals surface area contributed by atoms with Crippen LogP contribution < -0.4 is 0 Å². The Morgan fingerprint density at radius 1 is 1.09 bits per heavy atom. The summed E-state index contributed by atoms with van der Waals surface area (Å²) >= 11 is 0. The van der Waals surface area contributed by atoms with E-state index in [9.17, 15) is 9.90 Å². The monoisotopic (exact) mass is 311 g/mol. The lowest BCUT2D eigenvalue weighted by Crippen LogP contribution is -2.45. The Morgan fingerprint density at radius 3 is 2.52 bits per heavy atom. The Balaban J connectivity index is 1.70. The fourth-order valence-electron chi connectivity index (χ4n) is 3.01. The minimum absolute atomic E-state index is 0.0156. The molecule has 2 aromatic rings. The molecule has 0 saturated carbocycles. The fraction of sp³-hybridized carbons (Fsp3) is 0.316. The van der Waals surface area contributed by atoms with E-state index in [4.69, 9.17) is 4.74 Å². The number of carbonyl (C=O) groups is 1. The van der Waals surface area contributed by atoms with E-state index in [2.05, 4.69) is 6.07 Å². The van der Waals surface area contributed by atoms with Gasteiger partial charge >= 0.3 is 6.09 Å². The molecule has 1 heterocycles. The molecule has 1 aliphatic heterocycles. The number of benzene rings is 2. The number of aliphatic hydroxyl groups excluding tert-OH is 1. The molecule has 0 radical (unpaired) electrons. The van der Waals surface area contributed by atoms with Gasteiger partial charge in [-0.15, -0.1) is 0 Å².